The molecule has 130 valence electrons. The number of hydrogen-bond donors (Lipinski definition) is 2. The Morgan fingerprint density at radius 2 is 2.13 bits per heavy atom. The van der Waals surface area contributed by atoms with Gasteiger partial charge in [0.1, 0.15) is 12.0 Å². The topological polar surface area (TPSA) is 74.9 Å². The molecule has 7 heteroatoms. The van der Waals surface area contributed by atoms with E-state index >= 15 is 0 Å². The molecule has 0 radical (unpaired) electrons. The molecule has 1 aromatic heterocycles. The first-order valence-electron chi connectivity index (χ1n) is 8.34. The number of ether oxygens (including phenoxy) is 1. The first kappa shape index (κ1) is 17.7. The highest BCUT2D eigenvalue weighted by Crippen LogP contribution is 2.12. The molecule has 1 aliphatic rings. The van der Waals surface area contributed by atoms with E-state index < -0.39 is 0 Å². The van der Waals surface area contributed by atoms with Crippen LogP contribution in [0.1, 0.15) is 26.0 Å². The summed E-state index contributed by atoms with van der Waals surface area (Å²) in [5.41, 5.74) is 0.861. The number of aromatic nitrogens is 1. The fourth-order valence-electron chi connectivity index (χ4n) is 2.79. The van der Waals surface area contributed by atoms with Crippen molar-refractivity contribution in [1.82, 2.24) is 20.7 Å². The molecule has 0 saturated carbocycles. The Morgan fingerprint density at radius 1 is 1.35 bits per heavy atom. The van der Waals surface area contributed by atoms with Gasteiger partial charge in [-0.15, -0.1) is 0 Å². The van der Waals surface area contributed by atoms with Crippen LogP contribution >= 0.6 is 0 Å². The Bertz CT molecular complexity index is 455. The van der Waals surface area contributed by atoms with Crippen molar-refractivity contribution in [3.05, 3.63) is 18.0 Å². The summed E-state index contributed by atoms with van der Waals surface area (Å²) in [7, 11) is 1.78. The largest absolute Gasteiger partial charge is 0.379 e. The quantitative estimate of drug-likeness (QED) is 0.578. The minimum atomic E-state index is 0.490. The highest BCUT2D eigenvalue weighted by atomic mass is 16.5. The Hall–Kier alpha value is -1.60. The first-order chi connectivity index (χ1) is 11.2. The third kappa shape index (κ3) is 6.19. The van der Waals surface area contributed by atoms with Crippen molar-refractivity contribution in [3.8, 4) is 0 Å². The number of nitrogens with zero attached hydrogens (tertiary/aromatic N) is 3. The molecule has 7 nitrogen and oxygen atoms in total. The molecule has 1 fully saturated rings. The molecule has 1 saturated heterocycles. The van der Waals surface area contributed by atoms with Gasteiger partial charge < -0.3 is 19.9 Å². The predicted molar refractivity (Wildman–Crippen MR) is 90.3 cm³/mol. The monoisotopic (exact) mass is 323 g/mol. The van der Waals surface area contributed by atoms with Gasteiger partial charge in [-0.1, -0.05) is 19.0 Å². The molecule has 2 N–H and O–H groups in total. The van der Waals surface area contributed by atoms with Crippen molar-refractivity contribution in [2.45, 2.75) is 32.9 Å². The van der Waals surface area contributed by atoms with Crippen LogP contribution in [0.15, 0.2) is 21.8 Å². The van der Waals surface area contributed by atoms with Crippen molar-refractivity contribution in [2.75, 3.05) is 39.9 Å². The first-order valence-corrected chi connectivity index (χ1v) is 8.34. The maximum absolute atomic E-state index is 5.47. The third-order valence-electron chi connectivity index (χ3n) is 3.96. The molecule has 1 unspecified atom stereocenters. The molecule has 0 spiro atoms. The fourth-order valence-corrected chi connectivity index (χ4v) is 2.79. The number of hydrogen-bond acceptors (Lipinski definition) is 5. The average Bonchev–Trinajstić information content (AvgIpc) is 3.07. The fraction of sp³-hybridized carbons (Fsp3) is 0.750. The van der Waals surface area contributed by atoms with Gasteiger partial charge in [0.2, 0.25) is 0 Å². The summed E-state index contributed by atoms with van der Waals surface area (Å²) < 4.78 is 10.3. The molecule has 1 aliphatic heterocycles. The van der Waals surface area contributed by atoms with Gasteiger partial charge >= 0.3 is 0 Å². The summed E-state index contributed by atoms with van der Waals surface area (Å²) in [5, 5.41) is 10.6. The maximum Gasteiger partial charge on any atom is 0.191 e. The van der Waals surface area contributed by atoms with E-state index in [1.165, 1.54) is 0 Å². The van der Waals surface area contributed by atoms with Crippen molar-refractivity contribution < 1.29 is 9.26 Å². The lowest BCUT2D eigenvalue weighted by Gasteiger charge is -2.35. The predicted octanol–water partition coefficient (Wildman–Crippen LogP) is 1.09. The van der Waals surface area contributed by atoms with Crippen LogP contribution in [0, 0.1) is 5.92 Å². The Morgan fingerprint density at radius 3 is 2.74 bits per heavy atom. The molecule has 0 aliphatic carbocycles. The number of aliphatic imine (C=N–C) groups is 1. The summed E-state index contributed by atoms with van der Waals surface area (Å²) in [4.78, 5) is 6.79. The van der Waals surface area contributed by atoms with Gasteiger partial charge in [0.15, 0.2) is 5.96 Å². The summed E-state index contributed by atoms with van der Waals surface area (Å²) in [6.07, 6.45) is 2.73. The minimum absolute atomic E-state index is 0.490. The van der Waals surface area contributed by atoms with Crippen LogP contribution in [0.25, 0.3) is 0 Å². The molecule has 0 amide bonds. The van der Waals surface area contributed by atoms with E-state index in [0.29, 0.717) is 18.5 Å². The third-order valence-corrected chi connectivity index (χ3v) is 3.96. The lowest BCUT2D eigenvalue weighted by Crippen LogP contribution is -2.51. The van der Waals surface area contributed by atoms with Gasteiger partial charge in [-0.05, 0) is 12.3 Å². The van der Waals surface area contributed by atoms with Gasteiger partial charge in [0.05, 0.1) is 19.8 Å². The van der Waals surface area contributed by atoms with Crippen LogP contribution in [0.4, 0.5) is 0 Å². The van der Waals surface area contributed by atoms with E-state index in [4.69, 9.17) is 9.26 Å². The second kappa shape index (κ2) is 9.52. The molecule has 1 atom stereocenters. The minimum Gasteiger partial charge on any atom is -0.379 e. The lowest BCUT2D eigenvalue weighted by molar-refractivity contribution is 0.0132. The summed E-state index contributed by atoms with van der Waals surface area (Å²) in [6, 6.07) is 2.33. The van der Waals surface area contributed by atoms with Crippen LogP contribution in [0.2, 0.25) is 0 Å². The van der Waals surface area contributed by atoms with Crippen molar-refractivity contribution in [3.63, 3.8) is 0 Å². The summed E-state index contributed by atoms with van der Waals surface area (Å²) in [6.45, 7) is 9.67. The molecule has 2 heterocycles. The van der Waals surface area contributed by atoms with Crippen LogP contribution in [0.5, 0.6) is 0 Å². The van der Waals surface area contributed by atoms with Crippen molar-refractivity contribution in [2.24, 2.45) is 10.9 Å². The molecular weight excluding hydrogens is 294 g/mol. The maximum atomic E-state index is 5.47. The highest BCUT2D eigenvalue weighted by molar-refractivity contribution is 5.79. The molecular formula is C16H29N5O2. The number of nitrogens with one attached hydrogen (secondary N) is 2. The number of morpholine rings is 1. The van der Waals surface area contributed by atoms with Gasteiger partial charge in [0.25, 0.3) is 0 Å². The van der Waals surface area contributed by atoms with Gasteiger partial charge in [-0.3, -0.25) is 9.89 Å². The SMILES string of the molecule is CN=C(NCc1ccon1)NCC(CC(C)C)N1CCOCC1. The molecule has 0 bridgehead atoms. The number of rotatable bonds is 7. The van der Waals surface area contributed by atoms with Crippen LogP contribution in [-0.2, 0) is 11.3 Å². The van der Waals surface area contributed by atoms with E-state index in [0.717, 1.165) is 50.9 Å². The average molecular weight is 323 g/mol. The van der Waals surface area contributed by atoms with Crippen LogP contribution in [-0.4, -0.2) is 62.0 Å². The second-order valence-corrected chi connectivity index (χ2v) is 6.23. The van der Waals surface area contributed by atoms with Crippen LogP contribution in [0.3, 0.4) is 0 Å². The second-order valence-electron chi connectivity index (χ2n) is 6.23. The van der Waals surface area contributed by atoms with Crippen molar-refractivity contribution >= 4 is 5.96 Å². The van der Waals surface area contributed by atoms with Crippen LogP contribution < -0.4 is 10.6 Å². The Kier molecular flexibility index (Phi) is 7.35. The van der Waals surface area contributed by atoms with Gasteiger partial charge in [-0.2, -0.15) is 0 Å². The number of guanidine groups is 1. The van der Waals surface area contributed by atoms with E-state index in [-0.39, 0.29) is 0 Å². The normalized spacial score (nSPS) is 18.2. The summed E-state index contributed by atoms with van der Waals surface area (Å²) >= 11 is 0. The van der Waals surface area contributed by atoms with Crippen molar-refractivity contribution in [1.29, 1.82) is 0 Å². The van der Waals surface area contributed by atoms with Gasteiger partial charge in [0, 0.05) is 38.8 Å². The molecule has 2 rings (SSSR count). The Balaban J connectivity index is 1.82. The smallest absolute Gasteiger partial charge is 0.191 e. The van der Waals surface area contributed by atoms with E-state index in [2.05, 4.69) is 39.5 Å². The molecule has 23 heavy (non-hydrogen) atoms. The van der Waals surface area contributed by atoms with E-state index in [9.17, 15) is 0 Å². The molecule has 0 aromatic carbocycles. The zero-order valence-electron chi connectivity index (χ0n) is 14.4. The van der Waals surface area contributed by atoms with E-state index in [1.54, 1.807) is 13.3 Å². The lowest BCUT2D eigenvalue weighted by atomic mass is 10.0. The Labute approximate surface area is 138 Å². The zero-order valence-corrected chi connectivity index (χ0v) is 14.4. The zero-order chi connectivity index (χ0) is 16.5. The standard InChI is InChI=1S/C16H29N5O2/c1-13(2)10-15(21-5-8-22-9-6-21)12-19-16(17-3)18-11-14-4-7-23-20-14/h4,7,13,15H,5-6,8-12H2,1-3H3,(H2,17,18,19). The highest BCUT2D eigenvalue weighted by Gasteiger charge is 2.22. The summed E-state index contributed by atoms with van der Waals surface area (Å²) in [5.74, 6) is 1.45. The molecule has 1 aromatic rings. The van der Waals surface area contributed by atoms with E-state index in [1.807, 2.05) is 6.07 Å². The van der Waals surface area contributed by atoms with Gasteiger partial charge in [-0.25, -0.2) is 0 Å².